The highest BCUT2D eigenvalue weighted by molar-refractivity contribution is 6.00. The van der Waals surface area contributed by atoms with Gasteiger partial charge in [0.15, 0.2) is 0 Å². The van der Waals surface area contributed by atoms with Crippen molar-refractivity contribution in [3.63, 3.8) is 0 Å². The van der Waals surface area contributed by atoms with E-state index in [4.69, 9.17) is 0 Å². The van der Waals surface area contributed by atoms with Gasteiger partial charge in [-0.05, 0) is 106 Å². The first kappa shape index (κ1) is 60.6. The Morgan fingerprint density at radius 2 is 0.863 bits per heavy atom. The van der Waals surface area contributed by atoms with Gasteiger partial charge in [0.2, 0.25) is 59.1 Å². The zero-order valence-electron chi connectivity index (χ0n) is 47.5. The molecule has 7 rings (SSSR count). The highest BCUT2D eigenvalue weighted by Crippen LogP contribution is 2.30. The van der Waals surface area contributed by atoms with Crippen molar-refractivity contribution >= 4 is 59.1 Å². The summed E-state index contributed by atoms with van der Waals surface area (Å²) in [7, 11) is 0. The highest BCUT2D eigenvalue weighted by Gasteiger charge is 2.47. The first-order valence-corrected chi connectivity index (χ1v) is 29.1. The molecule has 80 heavy (non-hydrogen) atoms. The summed E-state index contributed by atoms with van der Waals surface area (Å²) in [6.07, 6.45) is 4.17. The Hall–Kier alpha value is -7.06. The van der Waals surface area contributed by atoms with Crippen LogP contribution in [0.5, 0.6) is 5.75 Å². The summed E-state index contributed by atoms with van der Waals surface area (Å²) < 4.78 is 0. The summed E-state index contributed by atoms with van der Waals surface area (Å²) >= 11 is 0. The van der Waals surface area contributed by atoms with Crippen LogP contribution in [0.3, 0.4) is 0 Å². The van der Waals surface area contributed by atoms with Crippen LogP contribution in [0.2, 0.25) is 0 Å². The van der Waals surface area contributed by atoms with Gasteiger partial charge in [0.1, 0.15) is 66.2 Å². The zero-order chi connectivity index (χ0) is 57.9. The average molecular weight is 1110 g/mol. The number of carbonyl (C=O) groups is 10. The van der Waals surface area contributed by atoms with Crippen molar-refractivity contribution in [3.05, 3.63) is 65.7 Å². The molecule has 12 atom stereocenters. The molecule has 0 radical (unpaired) electrons. The van der Waals surface area contributed by atoms with Gasteiger partial charge < -0.3 is 56.6 Å². The lowest BCUT2D eigenvalue weighted by molar-refractivity contribution is -0.149. The van der Waals surface area contributed by atoms with Crippen molar-refractivity contribution in [2.45, 2.75) is 192 Å². The van der Waals surface area contributed by atoms with Gasteiger partial charge in [-0.1, -0.05) is 96.8 Å². The lowest BCUT2D eigenvalue weighted by Crippen LogP contribution is -2.62. The number of aromatic hydroxyl groups is 1. The van der Waals surface area contributed by atoms with Crippen LogP contribution >= 0.6 is 0 Å². The van der Waals surface area contributed by atoms with Gasteiger partial charge in [-0.2, -0.15) is 0 Å². The highest BCUT2D eigenvalue weighted by atomic mass is 16.3. The number of carbonyl (C=O) groups excluding carboxylic acids is 10. The van der Waals surface area contributed by atoms with Crippen molar-refractivity contribution < 1.29 is 53.1 Å². The van der Waals surface area contributed by atoms with Gasteiger partial charge in [-0.25, -0.2) is 0 Å². The predicted octanol–water partition coefficient (Wildman–Crippen LogP) is 2.22. The van der Waals surface area contributed by atoms with Crippen molar-refractivity contribution in [3.8, 4) is 5.75 Å². The van der Waals surface area contributed by atoms with Gasteiger partial charge in [0, 0.05) is 39.0 Å². The third-order valence-corrected chi connectivity index (χ3v) is 16.9. The molecule has 0 bridgehead atoms. The molecule has 0 spiro atoms. The molecule has 5 fully saturated rings. The number of benzene rings is 2. The SMILES string of the molecule is CCC(C)[C@H]1NC(=O)[C@@H]2CCCN2C(=O)[C@@H]2CCCN2C(=O)C([C@@H](C)CC)NC(=O)[C@H](Cc2ccc(O)cc2)NC(=O)[C@@H]2CCCN2C(=O)[C@@H]2CCCN2C(=O)[C@H](CC(C)C)NC(=O)[C@H](C)NC(=O)[C@H](Cc2ccccc2)NC1=O. The summed E-state index contributed by atoms with van der Waals surface area (Å²) in [6.45, 7) is 13.5. The second-order valence-corrected chi connectivity index (χ2v) is 23.1. The van der Waals surface area contributed by atoms with Crippen LogP contribution in [0.15, 0.2) is 54.6 Å². The lowest BCUT2D eigenvalue weighted by atomic mass is 9.96. The van der Waals surface area contributed by atoms with Gasteiger partial charge in [-0.15, -0.1) is 0 Å². The predicted molar refractivity (Wildman–Crippen MR) is 297 cm³/mol. The van der Waals surface area contributed by atoms with Crippen LogP contribution < -0.4 is 31.9 Å². The van der Waals surface area contributed by atoms with E-state index in [2.05, 4.69) is 31.9 Å². The van der Waals surface area contributed by atoms with E-state index in [-0.39, 0.29) is 63.5 Å². The van der Waals surface area contributed by atoms with Gasteiger partial charge in [0.25, 0.3) is 0 Å². The summed E-state index contributed by atoms with van der Waals surface area (Å²) in [6, 6.07) is 4.15. The number of hydrogen-bond acceptors (Lipinski definition) is 11. The molecule has 5 heterocycles. The van der Waals surface area contributed by atoms with Crippen LogP contribution in [0.1, 0.15) is 130 Å². The molecule has 21 nitrogen and oxygen atoms in total. The number of phenolic OH excluding ortho intramolecular Hbond substituents is 1. The normalized spacial score (nSPS) is 29.1. The molecule has 2 aromatic carbocycles. The Morgan fingerprint density at radius 1 is 0.450 bits per heavy atom. The minimum absolute atomic E-state index is 0.00659. The molecule has 0 aliphatic carbocycles. The number of amides is 10. The summed E-state index contributed by atoms with van der Waals surface area (Å²) in [4.78, 5) is 152. The minimum atomic E-state index is -1.27. The van der Waals surface area contributed by atoms with Crippen LogP contribution in [-0.4, -0.2) is 170 Å². The molecule has 21 heteroatoms. The molecule has 436 valence electrons. The molecule has 0 saturated carbocycles. The molecule has 0 aromatic heterocycles. The number of nitrogens with zero attached hydrogens (tertiary/aromatic N) is 4. The van der Waals surface area contributed by atoms with E-state index < -0.39 is 131 Å². The van der Waals surface area contributed by atoms with E-state index in [1.165, 1.54) is 38.7 Å². The fraction of sp³-hybridized carbons (Fsp3) is 0.627. The fourth-order valence-electron chi connectivity index (χ4n) is 11.9. The standard InChI is InChI=1S/C59H84N10O11/c1-8-35(5)48-55(76)62-41(32-38-17-11-10-12-18-38)51(72)60-37(7)50(71)63-43(31-34(3)4)56(77)68-29-15-21-46(68)57(78)66-27-13-19-44(66)53(74)61-42(33-39-23-25-40(70)26-24-39)52(73)65-49(36(6)9-2)59(80)69-30-16-22-47(69)58(79)67-28-14-20-45(67)54(75)64-48/h10-12,17-18,23-26,34-37,41-49,70H,8-9,13-16,19-22,27-33H2,1-7H3,(H,60,72)(H,61,74)(H,62,76)(H,63,71)(H,64,75)(H,65,73)/t35?,36-,37-,41-,42-,43-,44-,45-,46-,47-,48+,49?/m0/s1. The first-order valence-electron chi connectivity index (χ1n) is 29.1. The second kappa shape index (κ2) is 27.4. The van der Waals surface area contributed by atoms with Gasteiger partial charge in [0.05, 0.1) is 0 Å². The minimum Gasteiger partial charge on any atom is -0.508 e. The van der Waals surface area contributed by atoms with E-state index >= 15 is 0 Å². The van der Waals surface area contributed by atoms with E-state index in [9.17, 15) is 53.1 Å². The van der Waals surface area contributed by atoms with Crippen LogP contribution in [-0.2, 0) is 60.8 Å². The molecular weight excluding hydrogens is 1020 g/mol. The van der Waals surface area contributed by atoms with Crippen LogP contribution in [0.25, 0.3) is 0 Å². The van der Waals surface area contributed by atoms with Crippen molar-refractivity contribution in [2.24, 2.45) is 17.8 Å². The van der Waals surface area contributed by atoms with E-state index in [1.54, 1.807) is 43.3 Å². The third-order valence-electron chi connectivity index (χ3n) is 16.9. The largest absolute Gasteiger partial charge is 0.508 e. The zero-order valence-corrected chi connectivity index (χ0v) is 47.5. The quantitative estimate of drug-likeness (QED) is 0.181. The van der Waals surface area contributed by atoms with E-state index in [0.29, 0.717) is 68.9 Å². The number of rotatable bonds is 10. The van der Waals surface area contributed by atoms with E-state index in [1.807, 2.05) is 40.7 Å². The molecule has 5 aliphatic rings. The summed E-state index contributed by atoms with van der Waals surface area (Å²) in [5, 5.41) is 27.3. The molecule has 7 N–H and O–H groups in total. The second-order valence-electron chi connectivity index (χ2n) is 23.1. The summed E-state index contributed by atoms with van der Waals surface area (Å²) in [5.74, 6) is -6.69. The average Bonchev–Trinajstić information content (AvgIpc) is 4.34. The Morgan fingerprint density at radius 3 is 1.38 bits per heavy atom. The smallest absolute Gasteiger partial charge is 0.246 e. The fourth-order valence-corrected chi connectivity index (χ4v) is 11.9. The lowest BCUT2D eigenvalue weighted by Gasteiger charge is -2.35. The topological polar surface area (TPSA) is 276 Å². The van der Waals surface area contributed by atoms with Crippen molar-refractivity contribution in [1.29, 1.82) is 0 Å². The number of nitrogens with one attached hydrogen (secondary N) is 6. The van der Waals surface area contributed by atoms with Crippen LogP contribution in [0, 0.1) is 17.8 Å². The van der Waals surface area contributed by atoms with Crippen molar-refractivity contribution in [2.75, 3.05) is 26.2 Å². The maximum absolute atomic E-state index is 14.9. The van der Waals surface area contributed by atoms with Gasteiger partial charge >= 0.3 is 0 Å². The molecular formula is C59H84N10O11. The number of phenols is 1. The Balaban J connectivity index is 1.24. The first-order chi connectivity index (χ1) is 38.2. The van der Waals surface area contributed by atoms with Crippen molar-refractivity contribution in [1.82, 2.24) is 51.5 Å². The Labute approximate surface area is 469 Å². The van der Waals surface area contributed by atoms with E-state index in [0.717, 1.165) is 0 Å². The number of fused-ring (bicyclic) bond motifs is 4. The Bertz CT molecular complexity index is 2580. The van der Waals surface area contributed by atoms with Gasteiger partial charge in [-0.3, -0.25) is 47.9 Å². The molecule has 10 amide bonds. The maximum atomic E-state index is 14.9. The Kier molecular flexibility index (Phi) is 20.8. The molecule has 2 unspecified atom stereocenters. The molecule has 5 saturated heterocycles. The third kappa shape index (κ3) is 14.5. The summed E-state index contributed by atoms with van der Waals surface area (Å²) in [5.41, 5.74) is 1.29. The molecule has 5 aliphatic heterocycles. The monoisotopic (exact) mass is 1110 g/mol. The number of hydrogen-bond donors (Lipinski definition) is 7. The van der Waals surface area contributed by atoms with Crippen LogP contribution in [0.4, 0.5) is 0 Å². The molecule has 2 aromatic rings. The maximum Gasteiger partial charge on any atom is 0.246 e.